The third-order valence-corrected chi connectivity index (χ3v) is 7.42. The van der Waals surface area contributed by atoms with Crippen LogP contribution in [0, 0.1) is 5.92 Å². The van der Waals surface area contributed by atoms with Gasteiger partial charge in [0.2, 0.25) is 12.7 Å². The van der Waals surface area contributed by atoms with Gasteiger partial charge >= 0.3 is 0 Å². The van der Waals surface area contributed by atoms with Crippen molar-refractivity contribution in [3.8, 4) is 23.0 Å². The lowest BCUT2D eigenvalue weighted by Gasteiger charge is -2.52. The molecule has 7 nitrogen and oxygen atoms in total. The topological polar surface area (TPSA) is 77.5 Å². The minimum atomic E-state index is -0.772. The van der Waals surface area contributed by atoms with Gasteiger partial charge in [0.05, 0.1) is 25.9 Å². The van der Waals surface area contributed by atoms with Crippen LogP contribution in [-0.2, 0) is 4.79 Å². The average molecular weight is 466 g/mol. The molecule has 5 rings (SSSR count). The summed E-state index contributed by atoms with van der Waals surface area (Å²) in [5.41, 5.74) is 0.992. The molecule has 0 bridgehead atoms. The number of piperidine rings is 1. The molecular weight excluding hydrogens is 434 g/mol. The van der Waals surface area contributed by atoms with E-state index in [1.54, 1.807) is 26.4 Å². The SMILES string of the molecule is COc1ccc([C@H]2[C@@H]3CCCC[C@@]3(O)CCN2C(=O)/C=C/c2ccc3c(c2)OCO3)c(OC)c1. The molecule has 1 N–H and O–H groups in total. The molecule has 0 spiro atoms. The number of methoxy groups -OCH3 is 2. The molecule has 1 saturated carbocycles. The highest BCUT2D eigenvalue weighted by Gasteiger charge is 2.50. The molecule has 0 aromatic heterocycles. The highest BCUT2D eigenvalue weighted by molar-refractivity contribution is 5.92. The zero-order valence-electron chi connectivity index (χ0n) is 19.7. The minimum absolute atomic E-state index is 0.0554. The Labute approximate surface area is 199 Å². The fraction of sp³-hybridized carbons (Fsp3) is 0.444. The molecular formula is C27H31NO6. The van der Waals surface area contributed by atoms with Gasteiger partial charge in [0.25, 0.3) is 0 Å². The van der Waals surface area contributed by atoms with E-state index in [1.807, 2.05) is 41.3 Å². The first-order valence-electron chi connectivity index (χ1n) is 11.8. The van der Waals surface area contributed by atoms with E-state index < -0.39 is 5.60 Å². The van der Waals surface area contributed by atoms with Crippen molar-refractivity contribution in [3.63, 3.8) is 0 Å². The maximum Gasteiger partial charge on any atom is 0.247 e. The normalized spacial score (nSPS) is 25.8. The van der Waals surface area contributed by atoms with Gasteiger partial charge in [-0.15, -0.1) is 0 Å². The molecule has 3 atom stereocenters. The molecule has 2 fully saturated rings. The van der Waals surface area contributed by atoms with Crippen LogP contribution in [0.2, 0.25) is 0 Å². The van der Waals surface area contributed by atoms with Crippen molar-refractivity contribution < 1.29 is 28.8 Å². The molecule has 1 saturated heterocycles. The summed E-state index contributed by atoms with van der Waals surface area (Å²) >= 11 is 0. The summed E-state index contributed by atoms with van der Waals surface area (Å²) in [5.74, 6) is 2.60. The standard InChI is InChI=1S/C27H31NO6/c1-31-19-8-9-20(23(16-19)32-2)26-21-5-3-4-12-27(21,30)13-14-28(26)25(29)11-7-18-6-10-22-24(15-18)34-17-33-22/h6-11,15-16,21,26,30H,3-5,12-14,17H2,1-2H3/b11-7+/t21-,26-,27+/m0/s1. The van der Waals surface area contributed by atoms with Crippen molar-refractivity contribution in [3.05, 3.63) is 53.6 Å². The molecule has 2 aromatic rings. The zero-order chi connectivity index (χ0) is 23.7. The van der Waals surface area contributed by atoms with Crippen molar-refractivity contribution in [1.29, 1.82) is 0 Å². The maximum atomic E-state index is 13.5. The van der Waals surface area contributed by atoms with Crippen LogP contribution < -0.4 is 18.9 Å². The Bertz CT molecular complexity index is 1100. The fourth-order valence-electron chi connectivity index (χ4n) is 5.66. The summed E-state index contributed by atoms with van der Waals surface area (Å²) in [6.07, 6.45) is 7.67. The second-order valence-electron chi connectivity index (χ2n) is 9.24. The molecule has 1 aliphatic carbocycles. The number of nitrogens with zero attached hydrogens (tertiary/aromatic N) is 1. The number of carbonyl (C=O) groups excluding carboxylic acids is 1. The first kappa shape index (κ1) is 22.6. The first-order valence-corrected chi connectivity index (χ1v) is 11.8. The molecule has 34 heavy (non-hydrogen) atoms. The Balaban J connectivity index is 1.48. The Morgan fingerprint density at radius 1 is 1.09 bits per heavy atom. The van der Waals surface area contributed by atoms with E-state index in [4.69, 9.17) is 18.9 Å². The second kappa shape index (κ2) is 9.22. The number of likely N-dealkylation sites (tertiary alicyclic amines) is 1. The number of fused-ring (bicyclic) bond motifs is 2. The molecule has 3 aliphatic rings. The largest absolute Gasteiger partial charge is 0.497 e. The monoisotopic (exact) mass is 465 g/mol. The molecule has 0 unspecified atom stereocenters. The van der Waals surface area contributed by atoms with Gasteiger partial charge < -0.3 is 29.0 Å². The van der Waals surface area contributed by atoms with E-state index in [1.165, 1.54) is 0 Å². The van der Waals surface area contributed by atoms with E-state index >= 15 is 0 Å². The van der Waals surface area contributed by atoms with Gasteiger partial charge in [-0.3, -0.25) is 4.79 Å². The van der Waals surface area contributed by atoms with Crippen LogP contribution in [0.3, 0.4) is 0 Å². The molecule has 7 heteroatoms. The third-order valence-electron chi connectivity index (χ3n) is 7.42. The van der Waals surface area contributed by atoms with E-state index in [9.17, 15) is 9.90 Å². The predicted octanol–water partition coefficient (Wildman–Crippen LogP) is 4.34. The van der Waals surface area contributed by atoms with Crippen LogP contribution in [0.4, 0.5) is 0 Å². The number of amides is 1. The molecule has 2 aliphatic heterocycles. The number of hydrogen-bond donors (Lipinski definition) is 1. The van der Waals surface area contributed by atoms with E-state index in [2.05, 4.69) is 0 Å². The summed E-state index contributed by atoms with van der Waals surface area (Å²) in [6.45, 7) is 0.696. The van der Waals surface area contributed by atoms with Crippen molar-refractivity contribution in [2.45, 2.75) is 43.7 Å². The van der Waals surface area contributed by atoms with Gasteiger partial charge in [0.1, 0.15) is 11.5 Å². The van der Waals surface area contributed by atoms with E-state index in [0.29, 0.717) is 36.0 Å². The minimum Gasteiger partial charge on any atom is -0.497 e. The van der Waals surface area contributed by atoms with Gasteiger partial charge in [0, 0.05) is 30.2 Å². The summed E-state index contributed by atoms with van der Waals surface area (Å²) in [5, 5.41) is 11.5. The Morgan fingerprint density at radius 2 is 1.94 bits per heavy atom. The smallest absolute Gasteiger partial charge is 0.247 e. The van der Waals surface area contributed by atoms with Crippen LogP contribution in [0.1, 0.15) is 49.3 Å². The fourth-order valence-corrected chi connectivity index (χ4v) is 5.66. The maximum absolute atomic E-state index is 13.5. The molecule has 2 heterocycles. The quantitative estimate of drug-likeness (QED) is 0.662. The van der Waals surface area contributed by atoms with Crippen LogP contribution in [-0.4, -0.2) is 49.1 Å². The zero-order valence-corrected chi connectivity index (χ0v) is 19.7. The first-order chi connectivity index (χ1) is 16.5. The highest BCUT2D eigenvalue weighted by Crippen LogP contribution is 2.51. The highest BCUT2D eigenvalue weighted by atomic mass is 16.7. The number of aliphatic hydroxyl groups is 1. The molecule has 180 valence electrons. The Hall–Kier alpha value is -3.19. The van der Waals surface area contributed by atoms with Gasteiger partial charge in [-0.05, 0) is 55.2 Å². The van der Waals surface area contributed by atoms with Gasteiger partial charge in [-0.25, -0.2) is 0 Å². The Morgan fingerprint density at radius 3 is 2.76 bits per heavy atom. The number of benzene rings is 2. The molecule has 1 amide bonds. The van der Waals surface area contributed by atoms with Crippen LogP contribution >= 0.6 is 0 Å². The van der Waals surface area contributed by atoms with Crippen molar-refractivity contribution in [1.82, 2.24) is 4.90 Å². The van der Waals surface area contributed by atoms with Gasteiger partial charge in [-0.2, -0.15) is 0 Å². The summed E-state index contributed by atoms with van der Waals surface area (Å²) in [6, 6.07) is 11.0. The third kappa shape index (κ3) is 4.09. The number of ether oxygens (including phenoxy) is 4. The number of hydrogen-bond acceptors (Lipinski definition) is 6. The lowest BCUT2D eigenvalue weighted by Crippen LogP contribution is -2.56. The van der Waals surface area contributed by atoms with Crippen LogP contribution in [0.25, 0.3) is 6.08 Å². The van der Waals surface area contributed by atoms with Crippen LogP contribution in [0.5, 0.6) is 23.0 Å². The lowest BCUT2D eigenvalue weighted by atomic mass is 9.66. The van der Waals surface area contributed by atoms with E-state index in [0.717, 1.165) is 36.8 Å². The average Bonchev–Trinajstić information content (AvgIpc) is 3.34. The van der Waals surface area contributed by atoms with Crippen molar-refractivity contribution >= 4 is 12.0 Å². The van der Waals surface area contributed by atoms with E-state index in [-0.39, 0.29) is 24.7 Å². The summed E-state index contributed by atoms with van der Waals surface area (Å²) < 4.78 is 21.9. The summed E-state index contributed by atoms with van der Waals surface area (Å²) in [4.78, 5) is 15.4. The van der Waals surface area contributed by atoms with Crippen molar-refractivity contribution in [2.75, 3.05) is 27.6 Å². The predicted molar refractivity (Wildman–Crippen MR) is 127 cm³/mol. The number of rotatable bonds is 5. The van der Waals surface area contributed by atoms with Gasteiger partial charge in [-0.1, -0.05) is 18.9 Å². The van der Waals surface area contributed by atoms with Gasteiger partial charge in [0.15, 0.2) is 11.5 Å². The van der Waals surface area contributed by atoms with Crippen LogP contribution in [0.15, 0.2) is 42.5 Å². The summed E-state index contributed by atoms with van der Waals surface area (Å²) in [7, 11) is 3.24. The lowest BCUT2D eigenvalue weighted by molar-refractivity contribution is -0.151. The molecule has 0 radical (unpaired) electrons. The second-order valence-corrected chi connectivity index (χ2v) is 9.24. The molecule has 2 aromatic carbocycles. The van der Waals surface area contributed by atoms with Crippen molar-refractivity contribution in [2.24, 2.45) is 5.92 Å². The Kier molecular flexibility index (Phi) is 6.13. The number of carbonyl (C=O) groups is 1.